The van der Waals surface area contributed by atoms with Crippen LogP contribution >= 0.6 is 0 Å². The second-order valence-electron chi connectivity index (χ2n) is 11.4. The highest BCUT2D eigenvalue weighted by Gasteiger charge is 2.44. The second-order valence-corrected chi connectivity index (χ2v) is 11.4. The third-order valence-electron chi connectivity index (χ3n) is 8.83. The summed E-state index contributed by atoms with van der Waals surface area (Å²) >= 11 is 0. The van der Waals surface area contributed by atoms with Gasteiger partial charge < -0.3 is 31.0 Å². The minimum absolute atomic E-state index is 0.0311. The van der Waals surface area contributed by atoms with Crippen molar-refractivity contribution >= 4 is 24.5 Å². The van der Waals surface area contributed by atoms with Crippen molar-refractivity contribution in [2.75, 3.05) is 20.1 Å². The Kier molecular flexibility index (Phi) is 12.6. The SMILES string of the molecule is C=O.CCNC1C[C@@H](C(=O)NC2CCCc3ccccc32)N(C(=O)[C@@H](NC(=O)C(C)NC)C2CCCCCC2)C1. The molecule has 9 heteroatoms. The van der Waals surface area contributed by atoms with Crippen LogP contribution < -0.4 is 21.3 Å². The lowest BCUT2D eigenvalue weighted by Gasteiger charge is -2.34. The van der Waals surface area contributed by atoms with Crippen molar-refractivity contribution in [3.05, 3.63) is 35.4 Å². The summed E-state index contributed by atoms with van der Waals surface area (Å²) in [6, 6.07) is 6.81. The summed E-state index contributed by atoms with van der Waals surface area (Å²) in [6.07, 6.45) is 9.86. The van der Waals surface area contributed by atoms with E-state index in [0.717, 1.165) is 51.5 Å². The van der Waals surface area contributed by atoms with Crippen molar-refractivity contribution in [1.29, 1.82) is 0 Å². The Hall–Kier alpha value is -2.78. The number of hydrogen-bond acceptors (Lipinski definition) is 6. The summed E-state index contributed by atoms with van der Waals surface area (Å²) in [7, 11) is 1.75. The van der Waals surface area contributed by atoms with Crippen molar-refractivity contribution in [3.63, 3.8) is 0 Å². The minimum Gasteiger partial charge on any atom is -0.347 e. The van der Waals surface area contributed by atoms with Crippen molar-refractivity contribution in [2.45, 2.75) is 108 Å². The molecule has 1 saturated carbocycles. The minimum atomic E-state index is -0.609. The zero-order valence-electron chi connectivity index (χ0n) is 24.5. The van der Waals surface area contributed by atoms with Crippen molar-refractivity contribution in [1.82, 2.24) is 26.2 Å². The molecular formula is C31H49N5O4. The van der Waals surface area contributed by atoms with Crippen LogP contribution in [0, 0.1) is 5.92 Å². The maximum Gasteiger partial charge on any atom is 0.246 e. The van der Waals surface area contributed by atoms with Gasteiger partial charge in [-0.3, -0.25) is 14.4 Å². The monoisotopic (exact) mass is 555 g/mol. The van der Waals surface area contributed by atoms with E-state index in [1.165, 1.54) is 24.0 Å². The Morgan fingerprint density at radius 1 is 1.02 bits per heavy atom. The molecule has 3 unspecified atom stereocenters. The Labute approximate surface area is 239 Å². The highest BCUT2D eigenvalue weighted by atomic mass is 16.2. The first kappa shape index (κ1) is 31.7. The molecule has 3 amide bonds. The van der Waals surface area contributed by atoms with Crippen LogP contribution in [-0.4, -0.2) is 73.7 Å². The zero-order valence-corrected chi connectivity index (χ0v) is 24.5. The molecule has 1 aromatic rings. The van der Waals surface area contributed by atoms with Crippen LogP contribution in [0.15, 0.2) is 24.3 Å². The van der Waals surface area contributed by atoms with E-state index >= 15 is 0 Å². The number of nitrogens with one attached hydrogen (secondary N) is 4. The number of likely N-dealkylation sites (N-methyl/N-ethyl adjacent to an activating group) is 2. The largest absolute Gasteiger partial charge is 0.347 e. The van der Waals surface area contributed by atoms with Crippen molar-refractivity contribution < 1.29 is 19.2 Å². The van der Waals surface area contributed by atoms with Crippen LogP contribution in [0.2, 0.25) is 0 Å². The molecule has 1 saturated heterocycles. The smallest absolute Gasteiger partial charge is 0.246 e. The molecule has 1 heterocycles. The van der Waals surface area contributed by atoms with Gasteiger partial charge in [0.2, 0.25) is 17.7 Å². The van der Waals surface area contributed by atoms with Gasteiger partial charge in [0.15, 0.2) is 0 Å². The van der Waals surface area contributed by atoms with Crippen LogP contribution in [0.25, 0.3) is 0 Å². The Morgan fingerprint density at radius 3 is 2.40 bits per heavy atom. The Bertz CT molecular complexity index is 980. The molecule has 0 spiro atoms. The summed E-state index contributed by atoms with van der Waals surface area (Å²) < 4.78 is 0. The molecule has 1 aliphatic heterocycles. The second kappa shape index (κ2) is 15.9. The molecule has 0 aromatic heterocycles. The molecule has 2 fully saturated rings. The summed E-state index contributed by atoms with van der Waals surface area (Å²) in [4.78, 5) is 50.7. The number of benzene rings is 1. The van der Waals surface area contributed by atoms with Gasteiger partial charge in [0.25, 0.3) is 0 Å². The fourth-order valence-electron chi connectivity index (χ4n) is 6.55. The van der Waals surface area contributed by atoms with E-state index in [1.807, 2.05) is 19.8 Å². The van der Waals surface area contributed by atoms with E-state index in [0.29, 0.717) is 13.0 Å². The number of hydrogen-bond donors (Lipinski definition) is 4. The highest BCUT2D eigenvalue weighted by Crippen LogP contribution is 2.32. The van der Waals surface area contributed by atoms with Gasteiger partial charge in [0, 0.05) is 12.6 Å². The van der Waals surface area contributed by atoms with Gasteiger partial charge in [-0.1, -0.05) is 56.9 Å². The van der Waals surface area contributed by atoms with Gasteiger partial charge in [-0.15, -0.1) is 0 Å². The molecule has 2 aliphatic carbocycles. The molecule has 40 heavy (non-hydrogen) atoms. The van der Waals surface area contributed by atoms with Gasteiger partial charge in [0.1, 0.15) is 18.9 Å². The zero-order chi connectivity index (χ0) is 29.1. The lowest BCUT2D eigenvalue weighted by atomic mass is 9.87. The number of nitrogens with zero attached hydrogens (tertiary/aromatic N) is 1. The van der Waals surface area contributed by atoms with E-state index in [2.05, 4.69) is 39.5 Å². The van der Waals surface area contributed by atoms with Gasteiger partial charge in [0.05, 0.1) is 12.1 Å². The number of fused-ring (bicyclic) bond motifs is 1. The first-order valence-corrected chi connectivity index (χ1v) is 15.1. The number of aryl methyl sites for hydroxylation is 1. The standard InChI is InChI=1S/C30H47N5O3.CH2O/c1-4-32-23-18-26(29(37)33-25-17-11-15-21-12-9-10-16-24(21)25)35(19-23)30(38)27(34-28(36)20(2)31-3)22-13-7-5-6-8-14-22;1-2/h9-10,12,16,20,22-23,25-27,31-32H,4-8,11,13-15,17-19H2,1-3H3,(H,33,37)(H,34,36);1H2/t20?,23?,25?,26-,27-;/m0./s1. The van der Waals surface area contributed by atoms with Crippen molar-refractivity contribution in [2.24, 2.45) is 5.92 Å². The topological polar surface area (TPSA) is 120 Å². The normalized spacial score (nSPS) is 24.5. The Morgan fingerprint density at radius 2 is 1.73 bits per heavy atom. The molecule has 4 rings (SSSR count). The van der Waals surface area contributed by atoms with E-state index in [-0.39, 0.29) is 35.7 Å². The summed E-state index contributed by atoms with van der Waals surface area (Å²) in [5, 5.41) is 12.8. The lowest BCUT2D eigenvalue weighted by Crippen LogP contribution is -2.58. The van der Waals surface area contributed by atoms with Crippen LogP contribution in [0.5, 0.6) is 0 Å². The summed E-state index contributed by atoms with van der Waals surface area (Å²) in [5.41, 5.74) is 2.49. The summed E-state index contributed by atoms with van der Waals surface area (Å²) in [6.45, 7) is 7.11. The summed E-state index contributed by atoms with van der Waals surface area (Å²) in [5.74, 6) is -0.282. The highest BCUT2D eigenvalue weighted by molar-refractivity contribution is 5.94. The number of carbonyl (C=O) groups is 4. The van der Waals surface area contributed by atoms with Crippen LogP contribution in [0.4, 0.5) is 0 Å². The van der Waals surface area contributed by atoms with E-state index in [1.54, 1.807) is 18.9 Å². The predicted octanol–water partition coefficient (Wildman–Crippen LogP) is 2.64. The molecule has 3 aliphatic rings. The average molecular weight is 556 g/mol. The van der Waals surface area contributed by atoms with Crippen LogP contribution in [-0.2, 0) is 25.6 Å². The van der Waals surface area contributed by atoms with E-state index < -0.39 is 18.1 Å². The van der Waals surface area contributed by atoms with Crippen LogP contribution in [0.3, 0.4) is 0 Å². The van der Waals surface area contributed by atoms with Gasteiger partial charge in [-0.05, 0) is 76.1 Å². The number of rotatable bonds is 9. The predicted molar refractivity (Wildman–Crippen MR) is 157 cm³/mol. The molecule has 9 nitrogen and oxygen atoms in total. The molecule has 1 aromatic carbocycles. The third-order valence-corrected chi connectivity index (χ3v) is 8.83. The molecular weight excluding hydrogens is 506 g/mol. The van der Waals surface area contributed by atoms with Gasteiger partial charge in [-0.2, -0.15) is 0 Å². The average Bonchev–Trinajstić information content (AvgIpc) is 3.22. The molecule has 222 valence electrons. The quantitative estimate of drug-likeness (QED) is 0.348. The Balaban J connectivity index is 0.00000216. The van der Waals surface area contributed by atoms with E-state index in [4.69, 9.17) is 4.79 Å². The third kappa shape index (κ3) is 7.91. The van der Waals surface area contributed by atoms with Gasteiger partial charge >= 0.3 is 0 Å². The molecule has 0 bridgehead atoms. The number of amides is 3. The number of carbonyl (C=O) groups excluding carboxylic acids is 4. The van der Waals surface area contributed by atoms with Crippen LogP contribution in [0.1, 0.15) is 88.8 Å². The first-order chi connectivity index (χ1) is 19.4. The fraction of sp³-hybridized carbons (Fsp3) is 0.677. The fourth-order valence-corrected chi connectivity index (χ4v) is 6.55. The lowest BCUT2D eigenvalue weighted by molar-refractivity contribution is -0.143. The first-order valence-electron chi connectivity index (χ1n) is 15.1. The molecule has 0 radical (unpaired) electrons. The maximum absolute atomic E-state index is 14.2. The number of likely N-dealkylation sites (tertiary alicyclic amines) is 1. The molecule has 5 atom stereocenters. The maximum atomic E-state index is 14.2. The van der Waals surface area contributed by atoms with E-state index in [9.17, 15) is 14.4 Å². The van der Waals surface area contributed by atoms with Crippen molar-refractivity contribution in [3.8, 4) is 0 Å². The van der Waals surface area contributed by atoms with Gasteiger partial charge in [-0.25, -0.2) is 0 Å². The molecule has 4 N–H and O–H groups in total.